The van der Waals surface area contributed by atoms with Gasteiger partial charge in [0.05, 0.1) is 5.56 Å². The lowest BCUT2D eigenvalue weighted by Gasteiger charge is -2.21. The fourth-order valence-electron chi connectivity index (χ4n) is 5.41. The molecule has 9 heteroatoms. The molecule has 0 amide bonds. The van der Waals surface area contributed by atoms with Crippen LogP contribution in [0.15, 0.2) is 29.4 Å². The molecular weight excluding hydrogens is 437 g/mol. The van der Waals surface area contributed by atoms with Gasteiger partial charge >= 0.3 is 6.18 Å². The summed E-state index contributed by atoms with van der Waals surface area (Å²) < 4.78 is 46.1. The average Bonchev–Trinajstić information content (AvgIpc) is 3.16. The van der Waals surface area contributed by atoms with Gasteiger partial charge in [-0.1, -0.05) is 23.9 Å². The highest BCUT2D eigenvalue weighted by atomic mass is 32.2. The van der Waals surface area contributed by atoms with Crippen LogP contribution >= 0.6 is 11.8 Å². The molecule has 2 atom stereocenters. The second kappa shape index (κ2) is 8.65. The predicted molar refractivity (Wildman–Crippen MR) is 117 cm³/mol. The first-order valence-electron chi connectivity index (χ1n) is 11.4. The highest BCUT2D eigenvalue weighted by Gasteiger charge is 2.60. The Morgan fingerprint density at radius 1 is 1.16 bits per heavy atom. The van der Waals surface area contributed by atoms with Crippen LogP contribution in [0.1, 0.15) is 48.6 Å². The molecule has 3 heterocycles. The van der Waals surface area contributed by atoms with Gasteiger partial charge in [0.2, 0.25) is 0 Å². The number of alkyl halides is 3. The van der Waals surface area contributed by atoms with E-state index in [0.29, 0.717) is 11.8 Å². The average molecular weight is 467 g/mol. The van der Waals surface area contributed by atoms with Crippen LogP contribution in [-0.2, 0) is 23.4 Å². The van der Waals surface area contributed by atoms with Crippen LogP contribution in [0.5, 0.6) is 0 Å². The van der Waals surface area contributed by atoms with E-state index in [-0.39, 0.29) is 5.41 Å². The zero-order valence-corrected chi connectivity index (χ0v) is 19.1. The SMILES string of the molecule is Cn1c(SCCCN2C[C@@H]3C[C@]3(c3ccc(C(F)(F)F)cc3)C2)nnc1C1CCOCC1. The summed E-state index contributed by atoms with van der Waals surface area (Å²) in [6, 6.07) is 5.83. The van der Waals surface area contributed by atoms with Crippen molar-refractivity contribution in [2.75, 3.05) is 38.6 Å². The van der Waals surface area contributed by atoms with Crippen LogP contribution in [0.3, 0.4) is 0 Å². The van der Waals surface area contributed by atoms with Gasteiger partial charge in [-0.3, -0.25) is 0 Å². The number of halogens is 3. The third-order valence-electron chi connectivity index (χ3n) is 7.31. The van der Waals surface area contributed by atoms with Gasteiger partial charge in [0.25, 0.3) is 0 Å². The summed E-state index contributed by atoms with van der Waals surface area (Å²) in [5.41, 5.74) is 0.567. The number of benzene rings is 1. The number of likely N-dealkylation sites (tertiary alicyclic amines) is 1. The summed E-state index contributed by atoms with van der Waals surface area (Å²) in [5.74, 6) is 3.06. The van der Waals surface area contributed by atoms with Crippen molar-refractivity contribution in [1.82, 2.24) is 19.7 Å². The van der Waals surface area contributed by atoms with Crippen molar-refractivity contribution < 1.29 is 17.9 Å². The molecule has 3 aliphatic rings. The van der Waals surface area contributed by atoms with E-state index in [1.165, 1.54) is 12.1 Å². The Balaban J connectivity index is 1.10. The van der Waals surface area contributed by atoms with Gasteiger partial charge in [-0.2, -0.15) is 13.2 Å². The number of thioether (sulfide) groups is 1. The molecule has 0 unspecified atom stereocenters. The normalized spacial score (nSPS) is 26.4. The first-order valence-corrected chi connectivity index (χ1v) is 12.4. The monoisotopic (exact) mass is 466 g/mol. The van der Waals surface area contributed by atoms with Crippen molar-refractivity contribution in [2.45, 2.75) is 48.3 Å². The lowest BCUT2D eigenvalue weighted by atomic mass is 9.94. The summed E-state index contributed by atoms with van der Waals surface area (Å²) in [4.78, 5) is 2.47. The highest BCUT2D eigenvalue weighted by Crippen LogP contribution is 2.59. The van der Waals surface area contributed by atoms with Crippen molar-refractivity contribution in [3.63, 3.8) is 0 Å². The Hall–Kier alpha value is -1.58. The number of aromatic nitrogens is 3. The standard InChI is InChI=1S/C23H29F3N4OS/c1-29-20(16-7-10-31-11-8-16)27-28-21(29)32-12-2-9-30-14-19-13-22(19,15-30)17-3-5-18(6-4-17)23(24,25)26/h3-6,16,19H,2,7-15H2,1H3/t19-,22+/m0/s1. The molecule has 0 bridgehead atoms. The predicted octanol–water partition coefficient (Wildman–Crippen LogP) is 4.48. The zero-order valence-electron chi connectivity index (χ0n) is 18.3. The van der Waals surface area contributed by atoms with Crippen LogP contribution in [0.4, 0.5) is 13.2 Å². The van der Waals surface area contributed by atoms with E-state index < -0.39 is 11.7 Å². The van der Waals surface area contributed by atoms with Crippen LogP contribution in [0, 0.1) is 5.92 Å². The second-order valence-corrected chi connectivity index (χ2v) is 10.4. The fourth-order valence-corrected chi connectivity index (χ4v) is 6.25. The summed E-state index contributed by atoms with van der Waals surface area (Å²) in [6.45, 7) is 4.60. The zero-order chi connectivity index (χ0) is 22.3. The molecule has 3 fully saturated rings. The number of hydrogen-bond acceptors (Lipinski definition) is 5. The molecule has 0 N–H and O–H groups in total. The van der Waals surface area contributed by atoms with Crippen LogP contribution < -0.4 is 0 Å². The van der Waals surface area contributed by atoms with E-state index in [0.717, 1.165) is 80.8 Å². The maximum absolute atomic E-state index is 12.9. The van der Waals surface area contributed by atoms with E-state index in [2.05, 4.69) is 26.7 Å². The molecule has 5 nitrogen and oxygen atoms in total. The van der Waals surface area contributed by atoms with Crippen molar-refractivity contribution >= 4 is 11.8 Å². The Bertz CT molecular complexity index is 942. The van der Waals surface area contributed by atoms with E-state index >= 15 is 0 Å². The quantitative estimate of drug-likeness (QED) is 0.445. The number of hydrogen-bond donors (Lipinski definition) is 0. The molecule has 1 aromatic carbocycles. The molecule has 0 spiro atoms. The van der Waals surface area contributed by atoms with Gasteiger partial charge in [-0.15, -0.1) is 10.2 Å². The highest BCUT2D eigenvalue weighted by molar-refractivity contribution is 7.99. The topological polar surface area (TPSA) is 43.2 Å². The molecule has 2 aromatic rings. The van der Waals surface area contributed by atoms with Crippen LogP contribution in [0.25, 0.3) is 0 Å². The molecule has 0 radical (unpaired) electrons. The fraction of sp³-hybridized carbons (Fsp3) is 0.652. The number of rotatable bonds is 7. The molecule has 1 saturated carbocycles. The Morgan fingerprint density at radius 3 is 2.62 bits per heavy atom. The Kier molecular flexibility index (Phi) is 6.01. The van der Waals surface area contributed by atoms with Crippen molar-refractivity contribution in [2.24, 2.45) is 13.0 Å². The van der Waals surface area contributed by atoms with Gasteiger partial charge in [-0.05, 0) is 55.8 Å². The maximum atomic E-state index is 12.9. The molecule has 2 aliphatic heterocycles. The first-order chi connectivity index (χ1) is 15.4. The smallest absolute Gasteiger partial charge is 0.381 e. The summed E-state index contributed by atoms with van der Waals surface area (Å²) in [6.07, 6.45) is -0.106. The summed E-state index contributed by atoms with van der Waals surface area (Å²) in [5, 5.41) is 9.80. The van der Waals surface area contributed by atoms with Gasteiger partial charge in [-0.25, -0.2) is 0 Å². The molecule has 1 aromatic heterocycles. The van der Waals surface area contributed by atoms with Gasteiger partial charge in [0.15, 0.2) is 5.16 Å². The molecule has 174 valence electrons. The van der Waals surface area contributed by atoms with Crippen molar-refractivity contribution in [3.05, 3.63) is 41.2 Å². The third kappa shape index (κ3) is 4.31. The van der Waals surface area contributed by atoms with Gasteiger partial charge in [0, 0.05) is 50.4 Å². The van der Waals surface area contributed by atoms with E-state index in [4.69, 9.17) is 4.74 Å². The second-order valence-electron chi connectivity index (χ2n) is 9.36. The lowest BCUT2D eigenvalue weighted by Crippen LogP contribution is -2.28. The van der Waals surface area contributed by atoms with E-state index in [9.17, 15) is 13.2 Å². The molecule has 5 rings (SSSR count). The van der Waals surface area contributed by atoms with Crippen molar-refractivity contribution in [3.8, 4) is 0 Å². The third-order valence-corrected chi connectivity index (χ3v) is 8.41. The Labute approximate surface area is 190 Å². The minimum absolute atomic E-state index is 0.0689. The van der Waals surface area contributed by atoms with Crippen molar-refractivity contribution in [1.29, 1.82) is 0 Å². The lowest BCUT2D eigenvalue weighted by molar-refractivity contribution is -0.137. The largest absolute Gasteiger partial charge is 0.416 e. The first kappa shape index (κ1) is 22.2. The maximum Gasteiger partial charge on any atom is 0.416 e. The van der Waals surface area contributed by atoms with Gasteiger partial charge < -0.3 is 14.2 Å². The molecule has 32 heavy (non-hydrogen) atoms. The number of ether oxygens (including phenoxy) is 1. The minimum Gasteiger partial charge on any atom is -0.381 e. The van der Waals surface area contributed by atoms with Crippen LogP contribution in [0.2, 0.25) is 0 Å². The summed E-state index contributed by atoms with van der Waals surface area (Å²) >= 11 is 1.75. The van der Waals surface area contributed by atoms with E-state index in [1.807, 2.05) is 0 Å². The molecule has 1 aliphatic carbocycles. The molecule has 2 saturated heterocycles. The number of nitrogens with zero attached hydrogens (tertiary/aromatic N) is 4. The van der Waals surface area contributed by atoms with E-state index in [1.54, 1.807) is 23.9 Å². The summed E-state index contributed by atoms with van der Waals surface area (Å²) in [7, 11) is 2.05. The molecular formula is C23H29F3N4OS. The van der Waals surface area contributed by atoms with Crippen LogP contribution in [-0.4, -0.2) is 58.3 Å². The minimum atomic E-state index is -4.27. The Morgan fingerprint density at radius 2 is 1.91 bits per heavy atom. The number of piperidine rings is 1. The number of fused-ring (bicyclic) bond motifs is 1. The van der Waals surface area contributed by atoms with Gasteiger partial charge in [0.1, 0.15) is 5.82 Å².